The fourth-order valence-corrected chi connectivity index (χ4v) is 13.5. The monoisotopic (exact) mass is 1100 g/mol. The number of fused-ring (bicyclic) bond motifs is 8. The molecule has 0 radical (unpaired) electrons. The Labute approximate surface area is 478 Å². The first-order valence-corrected chi connectivity index (χ1v) is 28.4. The summed E-state index contributed by atoms with van der Waals surface area (Å²) < 4.78 is 26.2. The number of carboxylic acid groups (broad SMARTS) is 4. The lowest BCUT2D eigenvalue weighted by atomic mass is 9.69. The molecule has 0 heterocycles. The zero-order valence-electron chi connectivity index (χ0n) is 52.2. The molecule has 2 aliphatic rings. The van der Waals surface area contributed by atoms with E-state index in [1.165, 1.54) is 0 Å². The first-order valence-electron chi connectivity index (χ1n) is 28.4. The van der Waals surface area contributed by atoms with Crippen LogP contribution < -0.4 is 14.2 Å². The summed E-state index contributed by atoms with van der Waals surface area (Å²) in [7, 11) is 0. The third kappa shape index (κ3) is 18.1. The quantitative estimate of drug-likeness (QED) is 0.0786. The molecule has 0 saturated carbocycles. The number of benzene rings is 3. The van der Waals surface area contributed by atoms with Crippen molar-refractivity contribution in [2.75, 3.05) is 26.4 Å². The summed E-state index contributed by atoms with van der Waals surface area (Å²) in [6, 6.07) is 12.5. The van der Waals surface area contributed by atoms with Crippen LogP contribution in [0.3, 0.4) is 0 Å². The summed E-state index contributed by atoms with van der Waals surface area (Å²) in [5, 5.41) is 41.4. The second-order valence-electron chi connectivity index (χ2n) is 30.5. The Hall–Kier alpha value is -5.84. The highest BCUT2D eigenvalue weighted by Crippen LogP contribution is 2.48. The minimum atomic E-state index is -1.18. The van der Waals surface area contributed by atoms with Crippen molar-refractivity contribution in [1.29, 1.82) is 0 Å². The third-order valence-electron chi connectivity index (χ3n) is 14.9. The zero-order chi connectivity index (χ0) is 60.5. The topological polar surface area (TPSA) is 186 Å². The van der Waals surface area contributed by atoms with Crippen LogP contribution in [-0.2, 0) is 65.8 Å². The average molecular weight is 1110 g/mol. The fraction of sp³-hybridized carbons (Fsp3) is 0.603. The van der Waals surface area contributed by atoms with Crippen LogP contribution >= 0.6 is 0 Å². The molecular weight excluding hydrogens is 1010 g/mol. The van der Waals surface area contributed by atoms with Gasteiger partial charge in [0.05, 0.1) is 0 Å². The van der Waals surface area contributed by atoms with E-state index in [0.29, 0.717) is 61.8 Å². The van der Waals surface area contributed by atoms with Crippen molar-refractivity contribution in [3.8, 4) is 17.2 Å². The standard InChI is InChI=1S/C68H96O12/c1-61(2,3)37-65(13,14)49-25-41-21-43-27-50(66(15,16)38-62(4,5)6)29-45(58(43)78-34-54(71)72)23-47-31-52(68(19,20)40-64(10,11)12)32-48(60(47)80-36-56(75)76)24-46-30-51(67(17,18)39-63(7,8)9)28-44(59(46)79-35-55(73)74)22-42(26-49)57(41)77-33-53(69)70/h25-31,60H,21-24,33-40H2,1-20H3,(H,69,70)(H,71,72)(H,73,74)(H,75,76). The molecule has 0 amide bonds. The molecule has 3 aromatic rings. The Balaban J connectivity index is 2.15. The lowest BCUT2D eigenvalue weighted by Crippen LogP contribution is -2.30. The average Bonchev–Trinajstić information content (AvgIpc) is 3.23. The molecule has 0 aromatic heterocycles. The van der Waals surface area contributed by atoms with Gasteiger partial charge < -0.3 is 39.4 Å². The lowest BCUT2D eigenvalue weighted by Gasteiger charge is -2.37. The van der Waals surface area contributed by atoms with Gasteiger partial charge in [-0.05, 0) is 136 Å². The first kappa shape index (κ1) is 65.0. The largest absolute Gasteiger partial charge is 0.481 e. The number of rotatable bonds is 20. The normalized spacial score (nSPS) is 15.8. The highest BCUT2D eigenvalue weighted by Gasteiger charge is 2.38. The molecule has 80 heavy (non-hydrogen) atoms. The van der Waals surface area contributed by atoms with Crippen molar-refractivity contribution >= 4 is 23.9 Å². The number of ether oxygens (including phenoxy) is 4. The third-order valence-corrected chi connectivity index (χ3v) is 14.9. The first-order chi connectivity index (χ1) is 36.3. The van der Waals surface area contributed by atoms with Gasteiger partial charge in [0.2, 0.25) is 0 Å². The molecule has 2 aliphatic carbocycles. The Kier molecular flexibility index (Phi) is 19.4. The van der Waals surface area contributed by atoms with Crippen LogP contribution in [0.2, 0.25) is 0 Å². The van der Waals surface area contributed by atoms with E-state index in [1.807, 2.05) is 0 Å². The van der Waals surface area contributed by atoms with Gasteiger partial charge in [0.15, 0.2) is 19.8 Å². The maximum absolute atomic E-state index is 12.7. The Morgan fingerprint density at radius 2 is 0.688 bits per heavy atom. The van der Waals surface area contributed by atoms with Crippen molar-refractivity contribution in [1.82, 2.24) is 0 Å². The van der Waals surface area contributed by atoms with Gasteiger partial charge in [-0.3, -0.25) is 0 Å². The second-order valence-corrected chi connectivity index (χ2v) is 30.5. The summed E-state index contributed by atoms with van der Waals surface area (Å²) >= 11 is 0. The predicted octanol–water partition coefficient (Wildman–Crippen LogP) is 14.8. The van der Waals surface area contributed by atoms with Crippen molar-refractivity contribution in [3.63, 3.8) is 0 Å². The van der Waals surface area contributed by atoms with E-state index in [1.54, 1.807) is 0 Å². The molecule has 0 fully saturated rings. The summed E-state index contributed by atoms with van der Waals surface area (Å²) in [5.41, 5.74) is 10.5. The SMILES string of the molecule is CC(C)(C)CC(C)(C)C1=C=C2Cc3cc(C(C)(C)CC(C)(C)C)cc(c3OCC(=O)O)Cc3cc(C(C)(C)CC(C)(C)C)cc(c3OCC(=O)O)Cc3cc(C(C)(C)CC(C)(C)C)cc(c3OCC(=O)O)CC(=C1)C2OCC(=O)O. The zero-order valence-corrected chi connectivity index (χ0v) is 52.2. The minimum absolute atomic E-state index is 0.108. The molecule has 3 aromatic carbocycles. The summed E-state index contributed by atoms with van der Waals surface area (Å²) in [6.07, 6.45) is 4.67. The summed E-state index contributed by atoms with van der Waals surface area (Å²) in [6.45, 7) is 41.2. The molecule has 12 heteroatoms. The molecule has 0 spiro atoms. The van der Waals surface area contributed by atoms with Gasteiger partial charge in [-0.2, -0.15) is 0 Å². The summed E-state index contributed by atoms with van der Waals surface area (Å²) in [5.74, 6) is -3.69. The van der Waals surface area contributed by atoms with Gasteiger partial charge in [0.1, 0.15) is 30.0 Å². The fourth-order valence-electron chi connectivity index (χ4n) is 13.5. The highest BCUT2D eigenvalue weighted by atomic mass is 16.5. The van der Waals surface area contributed by atoms with E-state index in [-0.39, 0.29) is 47.3 Å². The molecule has 5 rings (SSSR count). The number of carboxylic acids is 4. The number of hydrogen-bond donors (Lipinski definition) is 4. The molecule has 1 unspecified atom stereocenters. The highest BCUT2D eigenvalue weighted by molar-refractivity contribution is 5.71. The molecule has 440 valence electrons. The van der Waals surface area contributed by atoms with Crippen LogP contribution in [0.15, 0.2) is 64.9 Å². The van der Waals surface area contributed by atoms with Crippen LogP contribution in [0.1, 0.15) is 214 Å². The maximum atomic E-state index is 12.7. The van der Waals surface area contributed by atoms with Crippen LogP contribution in [0.4, 0.5) is 0 Å². The van der Waals surface area contributed by atoms with E-state index < -0.39 is 78.1 Å². The van der Waals surface area contributed by atoms with E-state index in [2.05, 4.69) is 187 Å². The van der Waals surface area contributed by atoms with Gasteiger partial charge in [-0.15, -0.1) is 5.73 Å². The van der Waals surface area contributed by atoms with Gasteiger partial charge in [-0.25, -0.2) is 19.2 Å². The molecule has 8 bridgehead atoms. The van der Waals surface area contributed by atoms with Gasteiger partial charge in [0.25, 0.3) is 0 Å². The van der Waals surface area contributed by atoms with Crippen molar-refractivity contribution in [2.24, 2.45) is 27.1 Å². The Morgan fingerprint density at radius 3 is 0.975 bits per heavy atom. The number of aliphatic carboxylic acids is 4. The predicted molar refractivity (Wildman–Crippen MR) is 317 cm³/mol. The maximum Gasteiger partial charge on any atom is 0.341 e. The molecule has 12 nitrogen and oxygen atoms in total. The Bertz CT molecular complexity index is 2920. The minimum Gasteiger partial charge on any atom is -0.481 e. The molecular formula is C68H96O12. The lowest BCUT2D eigenvalue weighted by molar-refractivity contribution is -0.143. The smallest absolute Gasteiger partial charge is 0.341 e. The van der Waals surface area contributed by atoms with Crippen molar-refractivity contribution < 1.29 is 58.6 Å². The van der Waals surface area contributed by atoms with Crippen LogP contribution in [-0.4, -0.2) is 76.8 Å². The second kappa shape index (κ2) is 23.9. The van der Waals surface area contributed by atoms with Crippen molar-refractivity contribution in [2.45, 2.75) is 212 Å². The van der Waals surface area contributed by atoms with Gasteiger partial charge in [0, 0.05) is 31.3 Å². The van der Waals surface area contributed by atoms with Gasteiger partial charge >= 0.3 is 23.9 Å². The summed E-state index contributed by atoms with van der Waals surface area (Å²) in [4.78, 5) is 50.7. The number of carbonyl (C=O) groups is 4. The number of hydrogen-bond acceptors (Lipinski definition) is 8. The van der Waals surface area contributed by atoms with E-state index in [4.69, 9.17) is 18.9 Å². The van der Waals surface area contributed by atoms with Crippen LogP contribution in [0.25, 0.3) is 0 Å². The van der Waals surface area contributed by atoms with Crippen LogP contribution in [0, 0.1) is 27.1 Å². The van der Waals surface area contributed by atoms with E-state index in [9.17, 15) is 39.6 Å². The number of allylic oxidation sites excluding steroid dienone is 1. The van der Waals surface area contributed by atoms with Crippen molar-refractivity contribution in [3.05, 3.63) is 115 Å². The molecule has 0 saturated heterocycles. The molecule has 0 aliphatic heterocycles. The van der Waals surface area contributed by atoms with Crippen LogP contribution in [0.5, 0.6) is 17.2 Å². The van der Waals surface area contributed by atoms with E-state index >= 15 is 0 Å². The van der Waals surface area contributed by atoms with E-state index in [0.717, 1.165) is 47.9 Å². The molecule has 1 atom stereocenters. The van der Waals surface area contributed by atoms with Gasteiger partial charge in [-0.1, -0.05) is 175 Å². The Morgan fingerprint density at radius 1 is 0.412 bits per heavy atom. The molecule has 4 N–H and O–H groups in total.